The zero-order valence-corrected chi connectivity index (χ0v) is 6.51. The van der Waals surface area contributed by atoms with Crippen molar-refractivity contribution in [2.24, 2.45) is 0 Å². The molecule has 8 heteroatoms. The minimum absolute atomic E-state index is 0.569. The Morgan fingerprint density at radius 1 is 1.25 bits per heavy atom. The monoisotopic (exact) mass is 226 g/mol. The molecule has 0 saturated heterocycles. The molecule has 0 atom stereocenters. The maximum atomic E-state index is 8.74. The van der Waals surface area contributed by atoms with Gasteiger partial charge in [-0.3, -0.25) is 9.11 Å². The zero-order chi connectivity index (χ0) is 7.21. The summed E-state index contributed by atoms with van der Waals surface area (Å²) in [7, 11) is 4.74. The number of rotatable bonds is 0. The summed E-state index contributed by atoms with van der Waals surface area (Å²) in [5, 5.41) is 0. The molecule has 0 heterocycles. The molecule has 0 aliphatic heterocycles. The fourth-order valence-corrected chi connectivity index (χ4v) is 0. The van der Waals surface area contributed by atoms with Crippen LogP contribution in [0.2, 0.25) is 0 Å². The van der Waals surface area contributed by atoms with Crippen molar-refractivity contribution in [3.63, 3.8) is 0 Å². The maximum absolute atomic E-state index is 8.74. The molecule has 0 spiro atoms. The van der Waals surface area contributed by atoms with E-state index >= 15 is 0 Å². The second-order valence-electron chi connectivity index (χ2n) is 0.493. The Balaban J connectivity index is 0. The van der Waals surface area contributed by atoms with Gasteiger partial charge in [-0.1, -0.05) is 0 Å². The molecule has 0 aromatic heterocycles. The minimum atomic E-state index is -4.67. The number of halogens is 2. The van der Waals surface area contributed by atoms with Crippen LogP contribution in [0.25, 0.3) is 0 Å². The molecule has 2 N–H and O–H groups in total. The molecule has 56 valence electrons. The van der Waals surface area contributed by atoms with Crippen LogP contribution < -0.4 is 0 Å². The van der Waals surface area contributed by atoms with E-state index in [1.807, 2.05) is 0 Å². The Morgan fingerprint density at radius 2 is 1.25 bits per heavy atom. The Bertz CT molecular complexity index is 108. The molecule has 0 unspecified atom stereocenters. The number of hydrogen-bond acceptors (Lipinski definition) is 2. The van der Waals surface area contributed by atoms with Crippen LogP contribution in [0.15, 0.2) is 0 Å². The van der Waals surface area contributed by atoms with Crippen LogP contribution in [0, 0.1) is 0 Å². The Morgan fingerprint density at radius 3 is 1.25 bits per heavy atom. The average molecular weight is 228 g/mol. The van der Waals surface area contributed by atoms with Gasteiger partial charge < -0.3 is 0 Å². The summed E-state index contributed by atoms with van der Waals surface area (Å²) in [5.74, 6) is 0. The van der Waals surface area contributed by atoms with Crippen LogP contribution in [0.1, 0.15) is 0 Å². The van der Waals surface area contributed by atoms with Crippen molar-refractivity contribution in [2.75, 3.05) is 0 Å². The van der Waals surface area contributed by atoms with E-state index in [9.17, 15) is 0 Å². The Hall–Kier alpha value is 0.944. The zero-order valence-electron chi connectivity index (χ0n) is 3.19. The van der Waals surface area contributed by atoms with Gasteiger partial charge in [-0.25, -0.2) is 0 Å². The van der Waals surface area contributed by atoms with E-state index in [0.29, 0.717) is 12.7 Å². The Labute approximate surface area is 61.1 Å². The summed E-state index contributed by atoms with van der Waals surface area (Å²) in [6.45, 7) is 0. The van der Waals surface area contributed by atoms with Crippen LogP contribution in [-0.4, -0.2) is 17.5 Å². The van der Waals surface area contributed by atoms with E-state index < -0.39 is 10.4 Å². The van der Waals surface area contributed by atoms with Gasteiger partial charge in [0.1, 0.15) is 0 Å². The molecule has 0 bridgehead atoms. The third-order valence-corrected chi connectivity index (χ3v) is 0. The second-order valence-corrected chi connectivity index (χ2v) is 3.02. The first-order valence-corrected chi connectivity index (χ1v) is 5.05. The first kappa shape index (κ1) is 11.7. The fourth-order valence-electron chi connectivity index (χ4n) is 0. The van der Waals surface area contributed by atoms with Crippen molar-refractivity contribution in [1.29, 1.82) is 0 Å². The van der Waals surface area contributed by atoms with Crippen molar-refractivity contribution in [3.05, 3.63) is 0 Å². The average Bonchev–Trinajstić information content (AvgIpc) is 1.27. The van der Waals surface area contributed by atoms with Crippen molar-refractivity contribution >= 4 is 30.8 Å². The van der Waals surface area contributed by atoms with Crippen LogP contribution in [0.5, 0.6) is 0 Å². The molecule has 0 fully saturated rings. The third kappa shape index (κ3) is 276. The van der Waals surface area contributed by atoms with Crippen LogP contribution in [0.3, 0.4) is 0 Å². The molecule has 8 heavy (non-hydrogen) atoms. The summed E-state index contributed by atoms with van der Waals surface area (Å²) in [6.07, 6.45) is 0. The van der Waals surface area contributed by atoms with Crippen molar-refractivity contribution in [2.45, 2.75) is 0 Å². The SMILES string of the molecule is O=S(=O)(O)O.[Cl][Ni][Cl]. The van der Waals surface area contributed by atoms with E-state index in [-0.39, 0.29) is 0 Å². The summed E-state index contributed by atoms with van der Waals surface area (Å²) in [5.41, 5.74) is 0. The van der Waals surface area contributed by atoms with Gasteiger partial charge in [-0.05, 0) is 0 Å². The van der Waals surface area contributed by atoms with Gasteiger partial charge in [0.2, 0.25) is 0 Å². The van der Waals surface area contributed by atoms with Gasteiger partial charge in [-0.15, -0.1) is 0 Å². The molecule has 0 aromatic rings. The second kappa shape index (κ2) is 6.07. The molecular weight excluding hydrogens is 226 g/mol. The van der Waals surface area contributed by atoms with Crippen molar-refractivity contribution in [1.82, 2.24) is 0 Å². The topological polar surface area (TPSA) is 74.6 Å². The van der Waals surface area contributed by atoms with E-state index in [2.05, 4.69) is 0 Å². The van der Waals surface area contributed by atoms with Gasteiger partial charge in [0.25, 0.3) is 0 Å². The first-order chi connectivity index (χ1) is 3.41. The molecule has 0 rings (SSSR count). The molecular formula is H2Cl2NiO4S. The van der Waals surface area contributed by atoms with E-state index in [1.165, 1.54) is 0 Å². The molecule has 0 radical (unpaired) electrons. The quantitative estimate of drug-likeness (QED) is 0.473. The predicted octanol–water partition coefficient (Wildman–Crippen LogP) is 0.724. The van der Waals surface area contributed by atoms with Crippen LogP contribution >= 0.6 is 20.4 Å². The standard InChI is InChI=1S/2ClH.Ni.H2O4S/c;;;1-5(2,3)4/h2*1H;;(H2,1,2,3,4)/q;;+2;/p-2. The molecule has 0 aliphatic carbocycles. The van der Waals surface area contributed by atoms with Gasteiger partial charge in [0.15, 0.2) is 0 Å². The first-order valence-electron chi connectivity index (χ1n) is 0.938. The van der Waals surface area contributed by atoms with Crippen LogP contribution in [-0.2, 0) is 23.1 Å². The third-order valence-electron chi connectivity index (χ3n) is 0. The van der Waals surface area contributed by atoms with Gasteiger partial charge in [0.05, 0.1) is 0 Å². The molecule has 0 aliphatic rings. The summed E-state index contributed by atoms with van der Waals surface area (Å²) < 4.78 is 31.6. The normalized spacial score (nSPS) is 10.0. The molecule has 0 amide bonds. The summed E-state index contributed by atoms with van der Waals surface area (Å²) >= 11 is 0.569. The molecule has 4 nitrogen and oxygen atoms in total. The molecule has 0 aromatic carbocycles. The van der Waals surface area contributed by atoms with E-state index in [4.69, 9.17) is 37.9 Å². The van der Waals surface area contributed by atoms with Crippen LogP contribution in [0.4, 0.5) is 0 Å². The van der Waals surface area contributed by atoms with E-state index in [1.54, 1.807) is 0 Å². The van der Waals surface area contributed by atoms with Crippen molar-refractivity contribution in [3.8, 4) is 0 Å². The van der Waals surface area contributed by atoms with E-state index in [0.717, 1.165) is 0 Å². The Kier molecular flexibility index (Phi) is 8.88. The number of hydrogen-bond donors (Lipinski definition) is 2. The van der Waals surface area contributed by atoms with Gasteiger partial charge in [0, 0.05) is 0 Å². The van der Waals surface area contributed by atoms with Gasteiger partial charge in [-0.2, -0.15) is 8.42 Å². The fraction of sp³-hybridized carbons (Fsp3) is 0. The predicted molar refractivity (Wildman–Crippen MR) is 25.9 cm³/mol. The summed E-state index contributed by atoms with van der Waals surface area (Å²) in [4.78, 5) is 0. The summed E-state index contributed by atoms with van der Waals surface area (Å²) in [6, 6.07) is 0. The molecule has 0 saturated carbocycles. The van der Waals surface area contributed by atoms with Crippen molar-refractivity contribution < 1.29 is 30.2 Å². The van der Waals surface area contributed by atoms with Gasteiger partial charge >= 0.3 is 43.4 Å².